The summed E-state index contributed by atoms with van der Waals surface area (Å²) >= 11 is 12.0. The minimum Gasteiger partial charge on any atom is -0.469 e. The van der Waals surface area contributed by atoms with E-state index in [9.17, 15) is 9.59 Å². The fourth-order valence-electron chi connectivity index (χ4n) is 3.07. The molecule has 0 fully saturated rings. The van der Waals surface area contributed by atoms with Gasteiger partial charge in [-0.3, -0.25) is 9.59 Å². The summed E-state index contributed by atoms with van der Waals surface area (Å²) in [5.41, 5.74) is 2.16. The van der Waals surface area contributed by atoms with Crippen molar-refractivity contribution in [3.63, 3.8) is 0 Å². The lowest BCUT2D eigenvalue weighted by atomic mass is 10.1. The van der Waals surface area contributed by atoms with Gasteiger partial charge in [0.15, 0.2) is 5.78 Å². The van der Waals surface area contributed by atoms with E-state index in [1.54, 1.807) is 73.7 Å². The van der Waals surface area contributed by atoms with E-state index in [-0.39, 0.29) is 11.7 Å². The number of allylic oxidation sites excluding steroid dienone is 1. The van der Waals surface area contributed by atoms with Gasteiger partial charge < -0.3 is 14.2 Å². The molecule has 4 rings (SSSR count). The molecule has 160 valence electrons. The van der Waals surface area contributed by atoms with Crippen LogP contribution in [0.5, 0.6) is 0 Å². The number of carbonyl (C=O) groups is 2. The Bertz CT molecular complexity index is 1330. The topological polar surface area (TPSA) is 72.5 Å². The monoisotopic (exact) mass is 465 g/mol. The van der Waals surface area contributed by atoms with E-state index in [1.807, 2.05) is 0 Å². The molecule has 0 unspecified atom stereocenters. The fourth-order valence-corrected chi connectivity index (χ4v) is 3.37. The smallest absolute Gasteiger partial charge is 0.259 e. The maximum absolute atomic E-state index is 12.6. The number of rotatable bonds is 6. The summed E-state index contributed by atoms with van der Waals surface area (Å²) in [6.07, 6.45) is 4.46. The maximum Gasteiger partial charge on any atom is 0.259 e. The zero-order chi connectivity index (χ0) is 22.7. The summed E-state index contributed by atoms with van der Waals surface area (Å²) in [6, 6.07) is 17.1. The molecule has 7 heteroatoms. The Morgan fingerprint density at radius 2 is 1.81 bits per heavy atom. The molecule has 4 aromatic rings. The molecule has 0 bridgehead atoms. The standard InChI is InChI=1S/C25H17Cl2NO4/c1-15-20(11-12-31-15)25(30)28-18-4-2-3-16(13-18)23(29)9-6-19-7-10-24(32-19)17-5-8-21(26)22(27)14-17/h2-14H,1H3,(H,28,30)/b9-6+. The van der Waals surface area contributed by atoms with Crippen molar-refractivity contribution in [2.24, 2.45) is 0 Å². The van der Waals surface area contributed by atoms with Crippen molar-refractivity contribution in [2.75, 3.05) is 5.32 Å². The molecule has 0 aliphatic carbocycles. The predicted molar refractivity (Wildman–Crippen MR) is 125 cm³/mol. The minimum atomic E-state index is -0.304. The lowest BCUT2D eigenvalue weighted by molar-refractivity contribution is 0.102. The minimum absolute atomic E-state index is 0.229. The quantitative estimate of drug-likeness (QED) is 0.239. The first-order valence-corrected chi connectivity index (χ1v) is 10.4. The van der Waals surface area contributed by atoms with E-state index < -0.39 is 0 Å². The largest absolute Gasteiger partial charge is 0.469 e. The molecule has 1 N–H and O–H groups in total. The zero-order valence-electron chi connectivity index (χ0n) is 16.9. The van der Waals surface area contributed by atoms with Crippen molar-refractivity contribution in [1.82, 2.24) is 0 Å². The Morgan fingerprint density at radius 3 is 2.56 bits per heavy atom. The lowest BCUT2D eigenvalue weighted by Crippen LogP contribution is -2.12. The molecule has 5 nitrogen and oxygen atoms in total. The number of furan rings is 2. The molecule has 0 atom stereocenters. The molecule has 32 heavy (non-hydrogen) atoms. The van der Waals surface area contributed by atoms with Crippen molar-refractivity contribution in [2.45, 2.75) is 6.92 Å². The molecule has 2 aromatic heterocycles. The van der Waals surface area contributed by atoms with Crippen LogP contribution in [-0.4, -0.2) is 11.7 Å². The van der Waals surface area contributed by atoms with Gasteiger partial charge in [-0.25, -0.2) is 0 Å². The average Bonchev–Trinajstić information content (AvgIpc) is 3.43. The van der Waals surface area contributed by atoms with Gasteiger partial charge in [0.25, 0.3) is 5.91 Å². The van der Waals surface area contributed by atoms with Crippen LogP contribution in [0, 0.1) is 6.92 Å². The molecular weight excluding hydrogens is 449 g/mol. The molecule has 1 amide bonds. The van der Waals surface area contributed by atoms with Crippen molar-refractivity contribution in [3.8, 4) is 11.3 Å². The predicted octanol–water partition coefficient (Wildman–Crippen LogP) is 7.30. The van der Waals surface area contributed by atoms with Gasteiger partial charge in [-0.1, -0.05) is 35.3 Å². The van der Waals surface area contributed by atoms with E-state index in [1.165, 1.54) is 12.3 Å². The first kappa shape index (κ1) is 21.7. The molecule has 0 spiro atoms. The highest BCUT2D eigenvalue weighted by molar-refractivity contribution is 6.42. The van der Waals surface area contributed by atoms with Crippen LogP contribution < -0.4 is 5.32 Å². The number of nitrogens with one attached hydrogen (secondary N) is 1. The second-order valence-electron chi connectivity index (χ2n) is 6.95. The number of benzene rings is 2. The highest BCUT2D eigenvalue weighted by Gasteiger charge is 2.12. The maximum atomic E-state index is 12.6. The van der Waals surface area contributed by atoms with Gasteiger partial charge in [-0.05, 0) is 67.6 Å². The fraction of sp³-hybridized carbons (Fsp3) is 0.0400. The van der Waals surface area contributed by atoms with Crippen LogP contribution in [0.3, 0.4) is 0 Å². The van der Waals surface area contributed by atoms with Crippen LogP contribution in [0.25, 0.3) is 17.4 Å². The van der Waals surface area contributed by atoms with E-state index in [4.69, 9.17) is 32.0 Å². The van der Waals surface area contributed by atoms with Crippen molar-refractivity contribution >= 4 is 46.7 Å². The van der Waals surface area contributed by atoms with Crippen LogP contribution >= 0.6 is 23.2 Å². The van der Waals surface area contributed by atoms with Crippen molar-refractivity contribution in [3.05, 3.63) is 106 Å². The Kier molecular flexibility index (Phi) is 6.30. The number of anilines is 1. The van der Waals surface area contributed by atoms with Crippen LogP contribution in [0.2, 0.25) is 10.0 Å². The van der Waals surface area contributed by atoms with Gasteiger partial charge in [-0.15, -0.1) is 0 Å². The summed E-state index contributed by atoms with van der Waals surface area (Å²) in [7, 11) is 0. The summed E-state index contributed by atoms with van der Waals surface area (Å²) in [5, 5.41) is 3.67. The van der Waals surface area contributed by atoms with Gasteiger partial charge >= 0.3 is 0 Å². The SMILES string of the molecule is Cc1occc1C(=O)Nc1cccc(C(=O)/C=C/c2ccc(-c3ccc(Cl)c(Cl)c3)o2)c1. The zero-order valence-corrected chi connectivity index (χ0v) is 18.4. The number of hydrogen-bond acceptors (Lipinski definition) is 4. The van der Waals surface area contributed by atoms with Crippen molar-refractivity contribution < 1.29 is 18.4 Å². The number of halogens is 2. The van der Waals surface area contributed by atoms with Crippen LogP contribution in [0.15, 0.2) is 81.8 Å². The molecule has 2 aromatic carbocycles. The highest BCUT2D eigenvalue weighted by atomic mass is 35.5. The summed E-state index contributed by atoms with van der Waals surface area (Å²) in [6.45, 7) is 1.71. The average molecular weight is 466 g/mol. The molecular formula is C25H17Cl2NO4. The second kappa shape index (κ2) is 9.30. The van der Waals surface area contributed by atoms with E-state index in [2.05, 4.69) is 5.32 Å². The van der Waals surface area contributed by atoms with Gasteiger partial charge in [0.1, 0.15) is 17.3 Å². The third-order valence-corrected chi connectivity index (χ3v) is 5.48. The molecule has 0 aliphatic rings. The molecule has 0 radical (unpaired) electrons. The Balaban J connectivity index is 1.45. The number of carbonyl (C=O) groups excluding carboxylic acids is 2. The Labute approximate surface area is 194 Å². The molecule has 2 heterocycles. The highest BCUT2D eigenvalue weighted by Crippen LogP contribution is 2.30. The van der Waals surface area contributed by atoms with Crippen LogP contribution in [-0.2, 0) is 0 Å². The third-order valence-electron chi connectivity index (χ3n) is 4.74. The van der Waals surface area contributed by atoms with Crippen LogP contribution in [0.4, 0.5) is 5.69 Å². The molecule has 0 saturated heterocycles. The van der Waals surface area contributed by atoms with Gasteiger partial charge in [0, 0.05) is 16.8 Å². The summed E-state index contributed by atoms with van der Waals surface area (Å²) < 4.78 is 10.9. The first-order chi connectivity index (χ1) is 15.4. The summed E-state index contributed by atoms with van der Waals surface area (Å²) in [4.78, 5) is 25.0. The normalized spacial score (nSPS) is 11.1. The number of amides is 1. The van der Waals surface area contributed by atoms with E-state index >= 15 is 0 Å². The third kappa shape index (κ3) is 4.85. The summed E-state index contributed by atoms with van der Waals surface area (Å²) in [5.74, 6) is 1.11. The van der Waals surface area contributed by atoms with Gasteiger partial charge in [0.05, 0.1) is 21.9 Å². The number of hydrogen-bond donors (Lipinski definition) is 1. The molecule has 0 saturated carbocycles. The second-order valence-corrected chi connectivity index (χ2v) is 7.77. The number of aryl methyl sites for hydroxylation is 1. The van der Waals surface area contributed by atoms with Gasteiger partial charge in [-0.2, -0.15) is 0 Å². The number of ketones is 1. The van der Waals surface area contributed by atoms with Gasteiger partial charge in [0.2, 0.25) is 0 Å². The Morgan fingerprint density at radius 1 is 0.969 bits per heavy atom. The molecule has 0 aliphatic heterocycles. The van der Waals surface area contributed by atoms with E-state index in [0.29, 0.717) is 44.1 Å². The Hall–Kier alpha value is -3.54. The van der Waals surface area contributed by atoms with Crippen LogP contribution in [0.1, 0.15) is 32.2 Å². The van der Waals surface area contributed by atoms with Crippen molar-refractivity contribution in [1.29, 1.82) is 0 Å². The first-order valence-electron chi connectivity index (χ1n) is 9.64. The van der Waals surface area contributed by atoms with E-state index in [0.717, 1.165) is 5.56 Å². The lowest BCUT2D eigenvalue weighted by Gasteiger charge is -2.05.